The second kappa shape index (κ2) is 8.97. The largest absolute Gasteiger partial charge is 0.444 e. The molecule has 0 aliphatic rings. The molecule has 1 amide bonds. The summed E-state index contributed by atoms with van der Waals surface area (Å²) in [4.78, 5) is 32.3. The zero-order chi connectivity index (χ0) is 21.8. The molecular weight excluding hydrogens is 386 g/mol. The van der Waals surface area contributed by atoms with Crippen LogP contribution in [0.15, 0.2) is 18.3 Å². The molecule has 2 heterocycles. The molecule has 0 aromatic carbocycles. The highest BCUT2D eigenvalue weighted by Crippen LogP contribution is 2.31. The molecule has 2 rings (SSSR count). The number of carbonyl (C=O) groups excluding carboxylic acids is 2. The van der Waals surface area contributed by atoms with Crippen LogP contribution in [0, 0.1) is 6.92 Å². The second-order valence-corrected chi connectivity index (χ2v) is 7.23. The van der Waals surface area contributed by atoms with E-state index in [1.807, 2.05) is 0 Å². The third-order valence-electron chi connectivity index (χ3n) is 3.72. The van der Waals surface area contributed by atoms with Crippen molar-refractivity contribution in [1.29, 1.82) is 0 Å². The van der Waals surface area contributed by atoms with Gasteiger partial charge in [0.2, 0.25) is 5.88 Å². The number of nitrogens with zero attached hydrogens (tertiary/aromatic N) is 3. The van der Waals surface area contributed by atoms with Crippen LogP contribution in [0.2, 0.25) is 0 Å². The number of hydrogen-bond acceptors (Lipinski definition) is 6. The number of rotatable bonds is 7. The number of amides is 1. The summed E-state index contributed by atoms with van der Waals surface area (Å²) in [6, 6.07) is 3.04. The van der Waals surface area contributed by atoms with Crippen LogP contribution in [0.3, 0.4) is 0 Å². The molecule has 158 valence electrons. The van der Waals surface area contributed by atoms with Gasteiger partial charge in [0.15, 0.2) is 5.78 Å². The monoisotopic (exact) mass is 410 g/mol. The molecule has 2 aromatic heterocycles. The van der Waals surface area contributed by atoms with Crippen molar-refractivity contribution in [3.8, 4) is 17.1 Å². The first-order valence-corrected chi connectivity index (χ1v) is 8.94. The summed E-state index contributed by atoms with van der Waals surface area (Å²) in [5, 5.41) is 2.61. The summed E-state index contributed by atoms with van der Waals surface area (Å²) in [5.74, 6) is -0.158. The summed E-state index contributed by atoms with van der Waals surface area (Å²) in [6.07, 6.45) is 0.725. The Morgan fingerprint density at radius 2 is 2.00 bits per heavy atom. The summed E-state index contributed by atoms with van der Waals surface area (Å²) >= 11 is 0. The minimum absolute atomic E-state index is 0.180. The van der Waals surface area contributed by atoms with E-state index in [2.05, 4.69) is 20.0 Å². The predicted octanol–water partition coefficient (Wildman–Crippen LogP) is 3.58. The lowest BCUT2D eigenvalue weighted by Gasteiger charge is -2.20. The van der Waals surface area contributed by atoms with Gasteiger partial charge in [0.05, 0.1) is 5.56 Å². The summed E-state index contributed by atoms with van der Waals surface area (Å²) in [7, 11) is 0. The van der Waals surface area contributed by atoms with Crippen molar-refractivity contribution in [2.75, 3.05) is 6.54 Å². The van der Waals surface area contributed by atoms with Gasteiger partial charge in [0.1, 0.15) is 22.8 Å². The number of carbonyl (C=O) groups is 2. The molecule has 0 spiro atoms. The van der Waals surface area contributed by atoms with Crippen molar-refractivity contribution in [2.24, 2.45) is 0 Å². The van der Waals surface area contributed by atoms with Gasteiger partial charge in [-0.15, -0.1) is 0 Å². The first-order valence-electron chi connectivity index (χ1n) is 8.94. The van der Waals surface area contributed by atoms with Crippen LogP contribution in [0.25, 0.3) is 11.3 Å². The second-order valence-electron chi connectivity index (χ2n) is 7.23. The van der Waals surface area contributed by atoms with E-state index in [0.29, 0.717) is 5.82 Å². The number of pyridine rings is 1. The van der Waals surface area contributed by atoms with Crippen LogP contribution in [-0.4, -0.2) is 45.2 Å². The van der Waals surface area contributed by atoms with Crippen molar-refractivity contribution in [3.63, 3.8) is 0 Å². The number of imidazole rings is 1. The van der Waals surface area contributed by atoms with Crippen LogP contribution in [0.4, 0.5) is 13.6 Å². The number of alkyl carbamates (subject to hydrolysis) is 1. The first-order chi connectivity index (χ1) is 13.5. The van der Waals surface area contributed by atoms with Gasteiger partial charge in [-0.05, 0) is 39.8 Å². The molecule has 0 aliphatic heterocycles. The number of halogens is 2. The molecule has 0 aliphatic carbocycles. The van der Waals surface area contributed by atoms with Gasteiger partial charge in [-0.25, -0.2) is 14.8 Å². The van der Waals surface area contributed by atoms with Crippen LogP contribution >= 0.6 is 0 Å². The number of aryl methyl sites for hydroxylation is 1. The van der Waals surface area contributed by atoms with Crippen LogP contribution in [0.5, 0.6) is 5.88 Å². The number of nitrogens with one attached hydrogen (secondary N) is 1. The number of Topliss-reactive ketones (excluding diaryl/α,β-unsaturated/α-hetero) is 1. The Morgan fingerprint density at radius 1 is 1.31 bits per heavy atom. The highest BCUT2D eigenvalue weighted by atomic mass is 19.3. The third kappa shape index (κ3) is 5.97. The normalized spacial score (nSPS) is 11.4. The zero-order valence-corrected chi connectivity index (χ0v) is 17.0. The number of hydrogen-bond donors (Lipinski definition) is 1. The smallest absolute Gasteiger partial charge is 0.407 e. The van der Waals surface area contributed by atoms with Crippen molar-refractivity contribution >= 4 is 11.9 Å². The number of alkyl halides is 2. The van der Waals surface area contributed by atoms with Gasteiger partial charge in [-0.3, -0.25) is 4.79 Å². The Labute approximate surface area is 167 Å². The van der Waals surface area contributed by atoms with E-state index in [1.165, 1.54) is 25.3 Å². The number of aromatic nitrogens is 3. The average molecular weight is 410 g/mol. The van der Waals surface area contributed by atoms with E-state index in [4.69, 9.17) is 4.74 Å². The van der Waals surface area contributed by atoms with Crippen molar-refractivity contribution in [2.45, 2.75) is 53.4 Å². The highest BCUT2D eigenvalue weighted by molar-refractivity contribution is 5.99. The van der Waals surface area contributed by atoms with Crippen LogP contribution in [0.1, 0.15) is 44.0 Å². The predicted molar refractivity (Wildman–Crippen MR) is 101 cm³/mol. The Kier molecular flexibility index (Phi) is 6.89. The van der Waals surface area contributed by atoms with Gasteiger partial charge in [0, 0.05) is 26.2 Å². The number of ether oxygens (including phenoxy) is 2. The lowest BCUT2D eigenvalue weighted by molar-refractivity contribution is -0.0524. The maximum Gasteiger partial charge on any atom is 0.407 e. The summed E-state index contributed by atoms with van der Waals surface area (Å²) in [6.45, 7) is 5.62. The van der Waals surface area contributed by atoms with E-state index in [-0.39, 0.29) is 41.7 Å². The minimum atomic E-state index is -3.06. The standard InChI is InChI=1S/C19H24F2N4O4/c1-11(26)15-14(13-7-6-8-22-16(13)28-17(20)21)24-12(2)25(15)10-9-23-18(27)29-19(3,4)5/h6-8,17H,9-10H2,1-5H3,(H,23,27). The lowest BCUT2D eigenvalue weighted by atomic mass is 10.1. The molecule has 0 atom stereocenters. The molecule has 0 unspecified atom stereocenters. The molecular formula is C19H24F2N4O4. The number of ketones is 1. The quantitative estimate of drug-likeness (QED) is 0.701. The van der Waals surface area contributed by atoms with Crippen molar-refractivity contribution in [3.05, 3.63) is 29.8 Å². The molecule has 29 heavy (non-hydrogen) atoms. The van der Waals surface area contributed by atoms with Crippen LogP contribution in [-0.2, 0) is 11.3 Å². The fourth-order valence-electron chi connectivity index (χ4n) is 2.72. The summed E-state index contributed by atoms with van der Waals surface area (Å²) in [5.41, 5.74) is -0.0507. The fraction of sp³-hybridized carbons (Fsp3) is 0.474. The maximum atomic E-state index is 12.7. The van der Waals surface area contributed by atoms with Gasteiger partial charge in [-0.2, -0.15) is 8.78 Å². The van der Waals surface area contributed by atoms with Gasteiger partial charge in [-0.1, -0.05) is 0 Å². The lowest BCUT2D eigenvalue weighted by Crippen LogP contribution is -2.34. The molecule has 8 nitrogen and oxygen atoms in total. The molecule has 0 radical (unpaired) electrons. The Morgan fingerprint density at radius 3 is 2.59 bits per heavy atom. The molecule has 0 saturated heterocycles. The van der Waals surface area contributed by atoms with Gasteiger partial charge < -0.3 is 19.4 Å². The molecule has 10 heteroatoms. The molecule has 0 bridgehead atoms. The Balaban J connectivity index is 2.30. The molecule has 2 aromatic rings. The van der Waals surface area contributed by atoms with E-state index in [9.17, 15) is 18.4 Å². The summed E-state index contributed by atoms with van der Waals surface area (Å²) < 4.78 is 36.7. The fourth-order valence-corrected chi connectivity index (χ4v) is 2.72. The Hall–Kier alpha value is -3.04. The van der Waals surface area contributed by atoms with Crippen molar-refractivity contribution in [1.82, 2.24) is 19.9 Å². The topological polar surface area (TPSA) is 95.3 Å². The van der Waals surface area contributed by atoms with Crippen LogP contribution < -0.4 is 10.1 Å². The van der Waals surface area contributed by atoms with E-state index < -0.39 is 18.3 Å². The molecule has 1 N–H and O–H groups in total. The maximum absolute atomic E-state index is 12.7. The van der Waals surface area contributed by atoms with E-state index >= 15 is 0 Å². The first kappa shape index (κ1) is 22.3. The SMILES string of the molecule is CC(=O)c1c(-c2cccnc2OC(F)F)nc(C)n1CCNC(=O)OC(C)(C)C. The minimum Gasteiger partial charge on any atom is -0.444 e. The van der Waals surface area contributed by atoms with Gasteiger partial charge in [0.25, 0.3) is 0 Å². The Bertz CT molecular complexity index is 891. The third-order valence-corrected chi connectivity index (χ3v) is 3.72. The molecule has 0 saturated carbocycles. The molecule has 0 fully saturated rings. The zero-order valence-electron chi connectivity index (χ0n) is 17.0. The highest BCUT2D eigenvalue weighted by Gasteiger charge is 2.24. The van der Waals surface area contributed by atoms with E-state index in [1.54, 1.807) is 32.3 Å². The average Bonchev–Trinajstić information content (AvgIpc) is 2.90. The van der Waals surface area contributed by atoms with Crippen molar-refractivity contribution < 1.29 is 27.8 Å². The van der Waals surface area contributed by atoms with Gasteiger partial charge >= 0.3 is 12.7 Å². The van der Waals surface area contributed by atoms with E-state index in [0.717, 1.165) is 0 Å².